The molecule has 0 saturated carbocycles. The summed E-state index contributed by atoms with van der Waals surface area (Å²) in [6.07, 6.45) is 1.55. The van der Waals surface area contributed by atoms with E-state index in [1.165, 1.54) is 11.3 Å². The number of hydrogen-bond donors (Lipinski definition) is 1. The second kappa shape index (κ2) is 11.9. The van der Waals surface area contributed by atoms with E-state index in [4.69, 9.17) is 4.74 Å². The first kappa shape index (κ1) is 24.9. The van der Waals surface area contributed by atoms with Crippen LogP contribution in [0.15, 0.2) is 30.3 Å². The van der Waals surface area contributed by atoms with Crippen LogP contribution in [0.2, 0.25) is 0 Å². The molecule has 1 atom stereocenters. The normalized spacial score (nSPS) is 16.3. The van der Waals surface area contributed by atoms with Gasteiger partial charge in [-0.25, -0.2) is 4.98 Å². The van der Waals surface area contributed by atoms with Gasteiger partial charge in [-0.2, -0.15) is 0 Å². The molecule has 0 radical (unpaired) electrons. The number of piperidine rings is 1. The highest BCUT2D eigenvalue weighted by molar-refractivity contribution is 7.15. The van der Waals surface area contributed by atoms with Crippen LogP contribution in [-0.4, -0.2) is 65.4 Å². The monoisotopic (exact) mass is 472 g/mol. The molecule has 2 heterocycles. The van der Waals surface area contributed by atoms with E-state index < -0.39 is 5.97 Å². The van der Waals surface area contributed by atoms with Gasteiger partial charge in [0.15, 0.2) is 5.13 Å². The van der Waals surface area contributed by atoms with E-state index in [9.17, 15) is 14.4 Å². The predicted molar refractivity (Wildman–Crippen MR) is 128 cm³/mol. The third-order valence-electron chi connectivity index (χ3n) is 5.65. The standard InChI is InChI=1S/C24H32N4O4S/c1-4-32-22(30)16-28(13-19-9-6-5-7-10-19)23(31)20-11-8-12-27(14-20)15-21(29)26-24-25-17(2)18(3)33-24/h5-7,9-10,20H,4,8,11-16H2,1-3H3,(H,25,26,29). The summed E-state index contributed by atoms with van der Waals surface area (Å²) in [7, 11) is 0. The van der Waals surface area contributed by atoms with Crippen molar-refractivity contribution in [2.24, 2.45) is 5.92 Å². The Bertz CT molecular complexity index is 943. The molecule has 2 amide bonds. The largest absolute Gasteiger partial charge is 0.465 e. The lowest BCUT2D eigenvalue weighted by atomic mass is 9.96. The van der Waals surface area contributed by atoms with Gasteiger partial charge in [0.1, 0.15) is 6.54 Å². The molecule has 3 rings (SSSR count). The van der Waals surface area contributed by atoms with Gasteiger partial charge in [0.25, 0.3) is 0 Å². The quantitative estimate of drug-likeness (QED) is 0.564. The number of amides is 2. The number of carbonyl (C=O) groups excluding carboxylic acids is 3. The molecule has 1 aliphatic heterocycles. The predicted octanol–water partition coefficient (Wildman–Crippen LogP) is 3.00. The molecule has 8 nitrogen and oxygen atoms in total. The van der Waals surface area contributed by atoms with Crippen LogP contribution in [0.4, 0.5) is 5.13 Å². The molecule has 1 N–H and O–H groups in total. The zero-order valence-corrected chi connectivity index (χ0v) is 20.3. The van der Waals surface area contributed by atoms with Crippen molar-refractivity contribution in [1.29, 1.82) is 0 Å². The number of rotatable bonds is 9. The first-order chi connectivity index (χ1) is 15.9. The molecular formula is C24H32N4O4S. The molecule has 2 aromatic rings. The Morgan fingerprint density at radius 1 is 1.24 bits per heavy atom. The van der Waals surface area contributed by atoms with Gasteiger partial charge in [0, 0.05) is 18.0 Å². The molecule has 0 spiro atoms. The molecule has 33 heavy (non-hydrogen) atoms. The second-order valence-electron chi connectivity index (χ2n) is 8.27. The van der Waals surface area contributed by atoms with Crippen molar-refractivity contribution in [3.8, 4) is 0 Å². The molecule has 0 aliphatic carbocycles. The topological polar surface area (TPSA) is 91.8 Å². The number of nitrogens with zero attached hydrogens (tertiary/aromatic N) is 3. The number of nitrogens with one attached hydrogen (secondary N) is 1. The van der Waals surface area contributed by atoms with Gasteiger partial charge in [-0.3, -0.25) is 19.3 Å². The molecule has 0 bridgehead atoms. The van der Waals surface area contributed by atoms with Crippen LogP contribution in [0.25, 0.3) is 0 Å². The van der Waals surface area contributed by atoms with E-state index in [1.807, 2.05) is 49.1 Å². The van der Waals surface area contributed by atoms with Gasteiger partial charge in [-0.15, -0.1) is 11.3 Å². The SMILES string of the molecule is CCOC(=O)CN(Cc1ccccc1)C(=O)C1CCCN(CC(=O)Nc2nc(C)c(C)s2)C1. The average molecular weight is 473 g/mol. The molecule has 1 aliphatic rings. The van der Waals surface area contributed by atoms with Gasteiger partial charge in [-0.1, -0.05) is 30.3 Å². The highest BCUT2D eigenvalue weighted by Crippen LogP contribution is 2.22. The van der Waals surface area contributed by atoms with Crippen LogP contribution in [-0.2, 0) is 25.7 Å². The Hall–Kier alpha value is -2.78. The van der Waals surface area contributed by atoms with Crippen LogP contribution in [0.5, 0.6) is 0 Å². The first-order valence-electron chi connectivity index (χ1n) is 11.3. The van der Waals surface area contributed by atoms with E-state index >= 15 is 0 Å². The van der Waals surface area contributed by atoms with Gasteiger partial charge < -0.3 is 15.0 Å². The number of thiazole rings is 1. The smallest absolute Gasteiger partial charge is 0.325 e. The molecule has 178 valence electrons. The Morgan fingerprint density at radius 3 is 2.67 bits per heavy atom. The maximum atomic E-state index is 13.4. The van der Waals surface area contributed by atoms with E-state index in [-0.39, 0.29) is 37.4 Å². The number of benzene rings is 1. The molecule has 1 fully saturated rings. The lowest BCUT2D eigenvalue weighted by molar-refractivity contribution is -0.151. The third kappa shape index (κ3) is 7.36. The number of aryl methyl sites for hydroxylation is 2. The fourth-order valence-electron chi connectivity index (χ4n) is 3.93. The summed E-state index contributed by atoms with van der Waals surface area (Å²) in [5.41, 5.74) is 1.87. The first-order valence-corrected chi connectivity index (χ1v) is 12.1. The number of likely N-dealkylation sites (tertiary alicyclic amines) is 1. The van der Waals surface area contributed by atoms with Crippen LogP contribution in [0.1, 0.15) is 35.9 Å². The number of anilines is 1. The van der Waals surface area contributed by atoms with E-state index in [0.717, 1.165) is 35.5 Å². The van der Waals surface area contributed by atoms with Gasteiger partial charge in [-0.05, 0) is 45.7 Å². The molecule has 1 unspecified atom stereocenters. The summed E-state index contributed by atoms with van der Waals surface area (Å²) in [6.45, 7) is 7.62. The van der Waals surface area contributed by atoms with Crippen LogP contribution in [0.3, 0.4) is 0 Å². The minimum Gasteiger partial charge on any atom is -0.465 e. The molecular weight excluding hydrogens is 440 g/mol. The molecule has 9 heteroatoms. The van der Waals surface area contributed by atoms with Crippen LogP contribution < -0.4 is 5.32 Å². The van der Waals surface area contributed by atoms with Crippen molar-refractivity contribution in [1.82, 2.24) is 14.8 Å². The maximum Gasteiger partial charge on any atom is 0.325 e. The van der Waals surface area contributed by atoms with Gasteiger partial charge in [0.2, 0.25) is 11.8 Å². The van der Waals surface area contributed by atoms with Crippen molar-refractivity contribution < 1.29 is 19.1 Å². The Labute approximate surface area is 198 Å². The minimum atomic E-state index is -0.414. The van der Waals surface area contributed by atoms with E-state index in [2.05, 4.69) is 10.3 Å². The van der Waals surface area contributed by atoms with Crippen molar-refractivity contribution >= 4 is 34.3 Å². The average Bonchev–Trinajstić information content (AvgIpc) is 3.10. The van der Waals surface area contributed by atoms with Gasteiger partial charge >= 0.3 is 5.97 Å². The van der Waals surface area contributed by atoms with Crippen molar-refractivity contribution in [2.45, 2.75) is 40.2 Å². The maximum absolute atomic E-state index is 13.4. The summed E-state index contributed by atoms with van der Waals surface area (Å²) in [5, 5.41) is 3.46. The van der Waals surface area contributed by atoms with Crippen LogP contribution >= 0.6 is 11.3 Å². The zero-order chi connectivity index (χ0) is 23.8. The van der Waals surface area contributed by atoms with Crippen molar-refractivity contribution in [3.63, 3.8) is 0 Å². The molecule has 1 aromatic carbocycles. The number of esters is 1. The Kier molecular flexibility index (Phi) is 8.96. The lowest BCUT2D eigenvalue weighted by Crippen LogP contribution is -2.47. The number of aromatic nitrogens is 1. The van der Waals surface area contributed by atoms with Crippen LogP contribution in [0, 0.1) is 19.8 Å². The Balaban J connectivity index is 1.61. The van der Waals surface area contributed by atoms with Crippen molar-refractivity contribution in [3.05, 3.63) is 46.5 Å². The van der Waals surface area contributed by atoms with E-state index in [0.29, 0.717) is 18.2 Å². The van der Waals surface area contributed by atoms with Gasteiger partial charge in [0.05, 0.1) is 24.8 Å². The number of hydrogen-bond acceptors (Lipinski definition) is 7. The molecule has 1 saturated heterocycles. The van der Waals surface area contributed by atoms with E-state index in [1.54, 1.807) is 11.8 Å². The highest BCUT2D eigenvalue weighted by atomic mass is 32.1. The Morgan fingerprint density at radius 2 is 2.00 bits per heavy atom. The zero-order valence-electron chi connectivity index (χ0n) is 19.5. The van der Waals surface area contributed by atoms with Crippen molar-refractivity contribution in [2.75, 3.05) is 38.1 Å². The lowest BCUT2D eigenvalue weighted by Gasteiger charge is -2.34. The molecule has 1 aromatic heterocycles. The number of ether oxygens (including phenoxy) is 1. The number of carbonyl (C=O) groups is 3. The summed E-state index contributed by atoms with van der Waals surface area (Å²) < 4.78 is 5.09. The fourth-order valence-corrected chi connectivity index (χ4v) is 4.76. The second-order valence-corrected chi connectivity index (χ2v) is 9.47. The summed E-state index contributed by atoms with van der Waals surface area (Å²) in [4.78, 5) is 47.1. The summed E-state index contributed by atoms with van der Waals surface area (Å²) in [6, 6.07) is 9.61. The highest BCUT2D eigenvalue weighted by Gasteiger charge is 2.31. The minimum absolute atomic E-state index is 0.0804. The third-order valence-corrected chi connectivity index (χ3v) is 6.64. The fraction of sp³-hybridized carbons (Fsp3) is 0.500. The summed E-state index contributed by atoms with van der Waals surface area (Å²) in [5.74, 6) is -0.899. The summed E-state index contributed by atoms with van der Waals surface area (Å²) >= 11 is 1.46.